The molecule has 4 aromatic heterocycles. The number of halogens is 1. The summed E-state index contributed by atoms with van der Waals surface area (Å²) < 4.78 is 85.3. The molecule has 7 rings (SSSR count). The monoisotopic (exact) mass is 936 g/mol. The van der Waals surface area contributed by atoms with Gasteiger partial charge in [-0.15, -0.1) is 0 Å². The summed E-state index contributed by atoms with van der Waals surface area (Å²) in [4.78, 5) is 44.3. The van der Waals surface area contributed by atoms with E-state index in [-0.39, 0.29) is 21.9 Å². The van der Waals surface area contributed by atoms with Crippen LogP contribution in [0.2, 0.25) is 36.3 Å². The fourth-order valence-electron chi connectivity index (χ4n) is 6.77. The number of hydrogen-bond donors (Lipinski definition) is 4. The normalized spacial score (nSPS) is 32.8. The average molecular weight is 937 g/mol. The number of thiol groups is 1. The topological polar surface area (TPSA) is 231 Å². The predicted octanol–water partition coefficient (Wildman–Crippen LogP) is 5.72. The zero-order chi connectivity index (χ0) is 43.3. The van der Waals surface area contributed by atoms with Crippen molar-refractivity contribution in [3.63, 3.8) is 0 Å². The number of nitrogen functional groups attached to an aromatic ring is 1. The number of rotatable bonds is 6. The number of H-pyrrole nitrogens is 1. The zero-order valence-electron chi connectivity index (χ0n) is 34.3. The second kappa shape index (κ2) is 15.4. The Bertz CT molecular complexity index is 2410. The summed E-state index contributed by atoms with van der Waals surface area (Å²) in [5.74, 6) is -0.796. The summed E-state index contributed by atoms with van der Waals surface area (Å²) in [7, 11) is -5.52. The molecule has 4 N–H and O–H groups in total. The van der Waals surface area contributed by atoms with Crippen molar-refractivity contribution in [2.45, 2.75) is 120 Å². The molecule has 9 atom stereocenters. The van der Waals surface area contributed by atoms with Crippen molar-refractivity contribution in [2.24, 2.45) is 0 Å². The minimum absolute atomic E-state index is 0.139. The van der Waals surface area contributed by atoms with E-state index in [2.05, 4.69) is 57.9 Å². The van der Waals surface area contributed by atoms with E-state index in [9.17, 15) is 14.3 Å². The van der Waals surface area contributed by atoms with Crippen LogP contribution in [-0.2, 0) is 58.5 Å². The molecule has 0 aliphatic carbocycles. The highest BCUT2D eigenvalue weighted by molar-refractivity contribution is 8.44. The van der Waals surface area contributed by atoms with Gasteiger partial charge in [0.15, 0.2) is 45.8 Å². The van der Waals surface area contributed by atoms with Crippen LogP contribution in [-0.4, -0.2) is 106 Å². The lowest BCUT2D eigenvalue weighted by molar-refractivity contribution is -0.0902. The highest BCUT2D eigenvalue weighted by Gasteiger charge is 2.61. The van der Waals surface area contributed by atoms with Gasteiger partial charge in [-0.25, -0.2) is 28.9 Å². The number of fused-ring (bicyclic) bond motifs is 5. The largest absolute Gasteiger partial charge is 0.407 e. The van der Waals surface area contributed by atoms with Crippen molar-refractivity contribution in [3.05, 3.63) is 41.3 Å². The van der Waals surface area contributed by atoms with Gasteiger partial charge in [-0.3, -0.25) is 27.5 Å². The SMILES string of the molecule is CC(C)(C)[Si](C)(C)OC1[C@@H]2OP(O)(=S)OCC3OC[C@](n4cc(F)c5c(=O)[nH]cnc54)(OP(=O)(S)OCC2O[C@H]1n1cnc2c(N)ncnc21)C3O[Si](C)(C)C(C)(C)C. The highest BCUT2D eigenvalue weighted by atomic mass is 32.7. The van der Waals surface area contributed by atoms with Gasteiger partial charge >= 0.3 is 13.5 Å². The maximum Gasteiger partial charge on any atom is 0.388 e. The van der Waals surface area contributed by atoms with Gasteiger partial charge in [-0.2, -0.15) is 0 Å². The number of nitrogens with zero attached hydrogens (tertiary/aromatic N) is 6. The van der Waals surface area contributed by atoms with Gasteiger partial charge in [-0.05, 0) is 48.1 Å². The molecule has 4 aromatic rings. The summed E-state index contributed by atoms with van der Waals surface area (Å²) in [5, 5.41) is -1.09. The molecule has 26 heteroatoms. The molecule has 326 valence electrons. The van der Waals surface area contributed by atoms with Gasteiger partial charge in [0.2, 0.25) is 5.72 Å². The summed E-state index contributed by atoms with van der Waals surface area (Å²) in [5.41, 5.74) is 3.82. The van der Waals surface area contributed by atoms with Crippen LogP contribution in [0.5, 0.6) is 0 Å². The average Bonchev–Trinajstić information content (AvgIpc) is 3.86. The highest BCUT2D eigenvalue weighted by Crippen LogP contribution is 2.62. The molecule has 19 nitrogen and oxygen atoms in total. The van der Waals surface area contributed by atoms with Crippen molar-refractivity contribution in [2.75, 3.05) is 25.6 Å². The van der Waals surface area contributed by atoms with Gasteiger partial charge < -0.3 is 38.5 Å². The van der Waals surface area contributed by atoms with E-state index in [0.29, 0.717) is 11.2 Å². The number of ether oxygens (including phenoxy) is 2. The third-order valence-corrected chi connectivity index (χ3v) is 24.1. The third-order valence-electron chi connectivity index (χ3n) is 12.0. The molecule has 0 saturated carbocycles. The Morgan fingerprint density at radius 1 is 1.03 bits per heavy atom. The fraction of sp³-hybridized carbons (Fsp3) is 0.667. The number of aromatic amines is 1. The molecule has 0 radical (unpaired) electrons. The molecule has 3 aliphatic heterocycles. The van der Waals surface area contributed by atoms with Gasteiger partial charge in [0.05, 0.1) is 32.5 Å². The molecule has 59 heavy (non-hydrogen) atoms. The molecule has 6 unspecified atom stereocenters. The first kappa shape index (κ1) is 45.0. The molecule has 2 bridgehead atoms. The lowest BCUT2D eigenvalue weighted by atomic mass is 10.1. The molecule has 3 saturated heterocycles. The van der Waals surface area contributed by atoms with Crippen LogP contribution in [0.25, 0.3) is 22.2 Å². The Hall–Kier alpha value is -2.00. The van der Waals surface area contributed by atoms with E-state index in [4.69, 9.17) is 54.0 Å². The Morgan fingerprint density at radius 3 is 2.37 bits per heavy atom. The predicted molar refractivity (Wildman–Crippen MR) is 227 cm³/mol. The number of nitrogens with one attached hydrogen (secondary N) is 1. The lowest BCUT2D eigenvalue weighted by Crippen LogP contribution is -2.56. The van der Waals surface area contributed by atoms with Crippen LogP contribution in [0, 0.1) is 5.82 Å². The molecule has 3 aliphatic rings. The standard InChI is InChI=1S/C33H51FN8O11P2S2Si2/c1-31(2,3)58(7,8)51-24-23-19(49-30(24)41-17-40-22-26(35)36-15-38-28(22)41)12-48-55(45,57)53-33(42-11-18(34)21-27(42)37-16-39-29(21)43)14-46-20(13-47-54(44,56)50-23)25(33)52-59(9,10)32(4,5)6/h11,15-17,19-20,23-25,30H,12-14H2,1-10H3,(H,44,56)(H,45,57)(H2,35,36,38)(H,37,39,43)/t19?,20?,23-,24?,25?,30-,33+,54?,55?/m1/s1. The van der Waals surface area contributed by atoms with Crippen LogP contribution in [0.3, 0.4) is 0 Å². The molecular formula is C33H51FN8O11P2S2Si2. The van der Waals surface area contributed by atoms with E-state index in [1.54, 1.807) is 4.57 Å². The van der Waals surface area contributed by atoms with Crippen molar-refractivity contribution >= 4 is 82.2 Å². The van der Waals surface area contributed by atoms with Gasteiger partial charge in [-0.1, -0.05) is 53.8 Å². The summed E-state index contributed by atoms with van der Waals surface area (Å²) in [6.07, 6.45) is -1.90. The molecule has 0 spiro atoms. The van der Waals surface area contributed by atoms with Crippen molar-refractivity contribution in [1.29, 1.82) is 0 Å². The summed E-state index contributed by atoms with van der Waals surface area (Å²) >= 11 is 10.1. The maximum absolute atomic E-state index is 15.8. The quantitative estimate of drug-likeness (QED) is 0.103. The van der Waals surface area contributed by atoms with E-state index in [1.807, 2.05) is 47.0 Å². The summed E-state index contributed by atoms with van der Waals surface area (Å²) in [6.45, 7) is 9.97. The number of imidazole rings is 1. The van der Waals surface area contributed by atoms with Crippen molar-refractivity contribution in [1.82, 2.24) is 34.1 Å². The smallest absolute Gasteiger partial charge is 0.388 e. The third kappa shape index (κ3) is 8.33. The second-order valence-electron chi connectivity index (χ2n) is 18.0. The fourth-order valence-corrected chi connectivity index (χ4v) is 12.5. The molecule has 7 heterocycles. The Labute approximate surface area is 352 Å². The molecule has 0 amide bonds. The molecular weight excluding hydrogens is 886 g/mol. The first-order valence-electron chi connectivity index (χ1n) is 18.8. The van der Waals surface area contributed by atoms with E-state index < -0.39 is 109 Å². The number of anilines is 1. The van der Waals surface area contributed by atoms with Crippen molar-refractivity contribution in [3.8, 4) is 0 Å². The molecule has 0 aromatic carbocycles. The van der Waals surface area contributed by atoms with Crippen LogP contribution in [0.4, 0.5) is 10.2 Å². The van der Waals surface area contributed by atoms with Crippen LogP contribution >= 0.6 is 25.8 Å². The Morgan fingerprint density at radius 2 is 1.69 bits per heavy atom. The minimum Gasteiger partial charge on any atom is -0.407 e. The van der Waals surface area contributed by atoms with Crippen molar-refractivity contribution < 1.29 is 50.3 Å². The van der Waals surface area contributed by atoms with Gasteiger partial charge in [0, 0.05) is 6.20 Å². The minimum atomic E-state index is -4.60. The zero-order valence-corrected chi connectivity index (χ0v) is 39.8. The van der Waals surface area contributed by atoms with E-state index in [1.165, 1.54) is 17.2 Å². The first-order chi connectivity index (χ1) is 27.2. The van der Waals surface area contributed by atoms with E-state index in [0.717, 1.165) is 12.5 Å². The summed E-state index contributed by atoms with van der Waals surface area (Å²) in [6, 6.07) is 0. The van der Waals surface area contributed by atoms with Crippen LogP contribution in [0.15, 0.2) is 30.0 Å². The van der Waals surface area contributed by atoms with Crippen LogP contribution in [0.1, 0.15) is 47.8 Å². The first-order valence-corrected chi connectivity index (χ1v) is 29.9. The lowest BCUT2D eigenvalue weighted by Gasteiger charge is -2.44. The Kier molecular flexibility index (Phi) is 11.7. The number of aromatic nitrogens is 7. The number of hydrogen-bond acceptors (Lipinski definition) is 16. The van der Waals surface area contributed by atoms with E-state index >= 15 is 4.39 Å². The molecule has 3 fully saturated rings. The number of nitrogens with two attached hydrogens (primary N) is 1. The van der Waals surface area contributed by atoms with Crippen LogP contribution < -0.4 is 11.3 Å². The second-order valence-corrected chi connectivity index (χ2v) is 33.1. The Balaban J connectivity index is 1.36. The van der Waals surface area contributed by atoms with Gasteiger partial charge in [0.25, 0.3) is 5.56 Å². The maximum atomic E-state index is 15.8. The van der Waals surface area contributed by atoms with Gasteiger partial charge in [0.1, 0.15) is 47.8 Å².